The van der Waals surface area contributed by atoms with Crippen molar-refractivity contribution in [1.82, 2.24) is 15.2 Å². The fourth-order valence-electron chi connectivity index (χ4n) is 3.59. The van der Waals surface area contributed by atoms with Gasteiger partial charge in [-0.25, -0.2) is 15.0 Å². The van der Waals surface area contributed by atoms with E-state index < -0.39 is 0 Å². The van der Waals surface area contributed by atoms with E-state index in [1.807, 2.05) is 32.2 Å². The molecule has 2 aliphatic rings. The second-order valence-electron chi connectivity index (χ2n) is 7.27. The van der Waals surface area contributed by atoms with Gasteiger partial charge < -0.3 is 9.64 Å². The number of para-hydroxylation sites is 1. The Labute approximate surface area is 196 Å². The number of rotatable bonds is 6. The van der Waals surface area contributed by atoms with Crippen LogP contribution < -0.4 is 10.1 Å². The van der Waals surface area contributed by atoms with Crippen molar-refractivity contribution < 1.29 is 14.3 Å². The maximum Gasteiger partial charge on any atom is 0.261 e. The Morgan fingerprint density at radius 3 is 2.79 bits per heavy atom. The van der Waals surface area contributed by atoms with Gasteiger partial charge in [0, 0.05) is 30.9 Å². The molecule has 2 aromatic rings. The number of thioether (sulfide) groups is 1. The first-order chi connectivity index (χ1) is 16.1. The summed E-state index contributed by atoms with van der Waals surface area (Å²) >= 11 is 1.55. The number of fused-ring (bicyclic) bond motifs is 1. The van der Waals surface area contributed by atoms with Crippen molar-refractivity contribution in [3.63, 3.8) is 0 Å². The van der Waals surface area contributed by atoms with Crippen LogP contribution in [0.1, 0.15) is 41.0 Å². The predicted molar refractivity (Wildman–Crippen MR) is 129 cm³/mol. The Morgan fingerprint density at radius 2 is 1.97 bits per heavy atom. The summed E-state index contributed by atoms with van der Waals surface area (Å²) in [7, 11) is 0. The largest absolute Gasteiger partial charge is 0.493 e. The highest BCUT2D eigenvalue weighted by Crippen LogP contribution is 2.24. The molecule has 0 aliphatic carbocycles. The first kappa shape index (κ1) is 22.7. The summed E-state index contributed by atoms with van der Waals surface area (Å²) in [5, 5.41) is 3.51. The zero-order valence-electron chi connectivity index (χ0n) is 18.6. The Kier molecular flexibility index (Phi) is 7.19. The number of carbonyl (C=O) groups excluding carboxylic acids is 2. The SMILES string of the molecule is CCOc1ccccc1C(=O)NC1=NCC2=CN(C(=O)c3cccnc3SCC)CCC2=N1. The van der Waals surface area contributed by atoms with Crippen molar-refractivity contribution in [3.8, 4) is 5.75 Å². The summed E-state index contributed by atoms with van der Waals surface area (Å²) in [5.74, 6) is 1.23. The lowest BCUT2D eigenvalue weighted by Gasteiger charge is -2.28. The summed E-state index contributed by atoms with van der Waals surface area (Å²) in [5.41, 5.74) is 2.73. The predicted octanol–water partition coefficient (Wildman–Crippen LogP) is 3.56. The number of hydrogen-bond acceptors (Lipinski definition) is 7. The molecular weight excluding hydrogens is 438 g/mol. The molecule has 0 bridgehead atoms. The van der Waals surface area contributed by atoms with Crippen molar-refractivity contribution in [2.24, 2.45) is 9.98 Å². The Balaban J connectivity index is 1.47. The molecule has 0 spiro atoms. The molecule has 170 valence electrons. The lowest BCUT2D eigenvalue weighted by molar-refractivity contribution is 0.0817. The lowest BCUT2D eigenvalue weighted by atomic mass is 10.0. The van der Waals surface area contributed by atoms with Crippen LogP contribution in [0.15, 0.2) is 69.4 Å². The monoisotopic (exact) mass is 463 g/mol. The molecule has 0 saturated heterocycles. The summed E-state index contributed by atoms with van der Waals surface area (Å²) in [6.07, 6.45) is 4.09. The van der Waals surface area contributed by atoms with E-state index in [0.717, 1.165) is 22.1 Å². The number of amides is 2. The Bertz CT molecular complexity index is 1160. The van der Waals surface area contributed by atoms with Gasteiger partial charge >= 0.3 is 0 Å². The van der Waals surface area contributed by atoms with E-state index in [1.165, 1.54) is 0 Å². The summed E-state index contributed by atoms with van der Waals surface area (Å²) in [6, 6.07) is 10.7. The van der Waals surface area contributed by atoms with Gasteiger partial charge in [-0.15, -0.1) is 11.8 Å². The molecule has 33 heavy (non-hydrogen) atoms. The van der Waals surface area contributed by atoms with Crippen molar-refractivity contribution in [2.75, 3.05) is 25.4 Å². The Hall–Kier alpha value is -3.46. The molecule has 9 heteroatoms. The van der Waals surface area contributed by atoms with E-state index in [2.05, 4.69) is 20.3 Å². The van der Waals surface area contributed by atoms with Crippen LogP contribution in [0.2, 0.25) is 0 Å². The van der Waals surface area contributed by atoms with Crippen LogP contribution in [0.5, 0.6) is 5.75 Å². The number of ether oxygens (including phenoxy) is 1. The molecule has 0 fully saturated rings. The third kappa shape index (κ3) is 5.14. The van der Waals surface area contributed by atoms with Gasteiger partial charge in [0.2, 0.25) is 5.96 Å². The summed E-state index contributed by atoms with van der Waals surface area (Å²) in [6.45, 7) is 5.21. The fourth-order valence-corrected chi connectivity index (χ4v) is 4.31. The van der Waals surface area contributed by atoms with Crippen LogP contribution in [-0.4, -0.2) is 58.8 Å². The minimum atomic E-state index is -0.320. The van der Waals surface area contributed by atoms with Gasteiger partial charge in [0.15, 0.2) is 0 Å². The molecule has 0 atom stereocenters. The second-order valence-corrected chi connectivity index (χ2v) is 8.53. The fraction of sp³-hybridized carbons (Fsp3) is 0.292. The van der Waals surface area contributed by atoms with E-state index in [-0.39, 0.29) is 17.8 Å². The quantitative estimate of drug-likeness (QED) is 0.661. The topological polar surface area (TPSA) is 96.2 Å². The molecular formula is C24H25N5O3S. The molecule has 0 saturated carbocycles. The van der Waals surface area contributed by atoms with E-state index in [1.54, 1.807) is 47.1 Å². The third-order valence-electron chi connectivity index (χ3n) is 5.11. The number of aromatic nitrogens is 1. The van der Waals surface area contributed by atoms with E-state index in [4.69, 9.17) is 4.74 Å². The van der Waals surface area contributed by atoms with E-state index >= 15 is 0 Å². The second kappa shape index (κ2) is 10.4. The molecule has 1 aromatic carbocycles. The van der Waals surface area contributed by atoms with Gasteiger partial charge in [-0.1, -0.05) is 19.1 Å². The first-order valence-electron chi connectivity index (χ1n) is 10.9. The van der Waals surface area contributed by atoms with Gasteiger partial charge in [-0.3, -0.25) is 14.9 Å². The summed E-state index contributed by atoms with van der Waals surface area (Å²) in [4.78, 5) is 40.8. The number of nitrogens with zero attached hydrogens (tertiary/aromatic N) is 4. The minimum Gasteiger partial charge on any atom is -0.493 e. The number of pyridine rings is 1. The smallest absolute Gasteiger partial charge is 0.261 e. The normalized spacial score (nSPS) is 15.1. The Morgan fingerprint density at radius 1 is 1.15 bits per heavy atom. The van der Waals surface area contributed by atoms with Crippen LogP contribution in [0, 0.1) is 0 Å². The number of carbonyl (C=O) groups is 2. The minimum absolute atomic E-state index is 0.0822. The van der Waals surface area contributed by atoms with E-state index in [0.29, 0.717) is 43.0 Å². The van der Waals surface area contributed by atoms with Crippen LogP contribution in [-0.2, 0) is 0 Å². The highest BCUT2D eigenvalue weighted by molar-refractivity contribution is 7.99. The zero-order valence-corrected chi connectivity index (χ0v) is 19.4. The molecule has 0 unspecified atom stereocenters. The van der Waals surface area contributed by atoms with Gasteiger partial charge in [0.25, 0.3) is 11.8 Å². The highest BCUT2D eigenvalue weighted by atomic mass is 32.2. The van der Waals surface area contributed by atoms with Crippen LogP contribution in [0.4, 0.5) is 0 Å². The molecule has 4 rings (SSSR count). The average Bonchev–Trinajstić information content (AvgIpc) is 2.84. The molecule has 1 N–H and O–H groups in total. The van der Waals surface area contributed by atoms with Gasteiger partial charge in [0.1, 0.15) is 10.8 Å². The van der Waals surface area contributed by atoms with Crippen molar-refractivity contribution in [1.29, 1.82) is 0 Å². The number of nitrogens with one attached hydrogen (secondary N) is 1. The molecule has 2 amide bonds. The van der Waals surface area contributed by atoms with Crippen LogP contribution in [0.3, 0.4) is 0 Å². The highest BCUT2D eigenvalue weighted by Gasteiger charge is 2.26. The van der Waals surface area contributed by atoms with Crippen molar-refractivity contribution >= 4 is 35.2 Å². The van der Waals surface area contributed by atoms with Crippen molar-refractivity contribution in [2.45, 2.75) is 25.3 Å². The zero-order chi connectivity index (χ0) is 23.2. The molecule has 3 heterocycles. The van der Waals surface area contributed by atoms with E-state index in [9.17, 15) is 9.59 Å². The van der Waals surface area contributed by atoms with Crippen LogP contribution >= 0.6 is 11.8 Å². The lowest BCUT2D eigenvalue weighted by Crippen LogP contribution is -2.38. The standard InChI is InChI=1S/C24H25N5O3S/c1-3-32-20-10-6-5-8-17(20)21(30)28-24-26-14-16-15-29(13-11-19(16)27-24)23(31)18-9-7-12-25-22(18)33-4-2/h5-10,12,15H,3-4,11,13-14H2,1-2H3,(H,26,28,30). The maximum absolute atomic E-state index is 13.1. The number of aliphatic imine (C=N–C) groups is 2. The molecule has 8 nitrogen and oxygen atoms in total. The van der Waals surface area contributed by atoms with Gasteiger partial charge in [0.05, 0.1) is 30.0 Å². The summed E-state index contributed by atoms with van der Waals surface area (Å²) < 4.78 is 5.54. The maximum atomic E-state index is 13.1. The number of guanidine groups is 1. The molecule has 2 aliphatic heterocycles. The van der Waals surface area contributed by atoms with Crippen molar-refractivity contribution in [3.05, 3.63) is 65.5 Å². The first-order valence-corrected chi connectivity index (χ1v) is 11.8. The molecule has 1 aromatic heterocycles. The van der Waals surface area contributed by atoms with Gasteiger partial charge in [-0.05, 0) is 36.9 Å². The number of hydrogen-bond donors (Lipinski definition) is 1. The number of benzene rings is 1. The average molecular weight is 464 g/mol. The third-order valence-corrected chi connectivity index (χ3v) is 6.00. The van der Waals surface area contributed by atoms with Gasteiger partial charge in [-0.2, -0.15) is 0 Å². The molecule has 0 radical (unpaired) electrons. The van der Waals surface area contributed by atoms with Crippen LogP contribution in [0.25, 0.3) is 0 Å².